The minimum atomic E-state index is -0.655. The summed E-state index contributed by atoms with van der Waals surface area (Å²) in [6.07, 6.45) is 8.65. The number of hydrogen-bond acceptors (Lipinski definition) is 4. The molecule has 1 aliphatic heterocycles. The monoisotopic (exact) mass is 490 g/mol. The van der Waals surface area contributed by atoms with Gasteiger partial charge >= 0.3 is 0 Å². The first-order chi connectivity index (χ1) is 16.3. The topological polar surface area (TPSA) is 81.8 Å². The second-order valence-electron chi connectivity index (χ2n) is 12.1. The lowest BCUT2D eigenvalue weighted by molar-refractivity contribution is -0.142. The molecule has 1 aliphatic carbocycles. The molecule has 4 atom stereocenters. The van der Waals surface area contributed by atoms with Gasteiger partial charge in [-0.15, -0.1) is 0 Å². The fraction of sp³-hybridized carbons (Fsp3) is 0.821. The van der Waals surface area contributed by atoms with E-state index < -0.39 is 11.5 Å². The smallest absolute Gasteiger partial charge is 0.246 e. The molecule has 2 N–H and O–H groups in total. The Bertz CT molecular complexity index is 782. The van der Waals surface area contributed by atoms with E-state index in [4.69, 9.17) is 0 Å². The minimum absolute atomic E-state index is 0.0317. The molecule has 7 heteroatoms. The first kappa shape index (κ1) is 29.3. The maximum absolute atomic E-state index is 13.8. The van der Waals surface area contributed by atoms with Crippen molar-refractivity contribution < 1.29 is 14.4 Å². The predicted octanol–water partition coefficient (Wildman–Crippen LogP) is 3.74. The average molecular weight is 491 g/mol. The summed E-state index contributed by atoms with van der Waals surface area (Å²) in [7, 11) is 3.38. The van der Waals surface area contributed by atoms with Gasteiger partial charge in [0.2, 0.25) is 17.7 Å². The van der Waals surface area contributed by atoms with Gasteiger partial charge in [0.05, 0.1) is 12.1 Å². The fourth-order valence-electron chi connectivity index (χ4n) is 5.43. The highest BCUT2D eigenvalue weighted by molar-refractivity contribution is 5.93. The predicted molar refractivity (Wildman–Crippen MR) is 142 cm³/mol. The van der Waals surface area contributed by atoms with E-state index in [0.29, 0.717) is 17.5 Å². The highest BCUT2D eigenvalue weighted by atomic mass is 16.2. The Morgan fingerprint density at radius 2 is 1.66 bits per heavy atom. The van der Waals surface area contributed by atoms with E-state index in [1.54, 1.807) is 25.9 Å². The molecule has 0 spiro atoms. The number of carbonyl (C=O) groups excluding carboxylic acids is 3. The van der Waals surface area contributed by atoms with Gasteiger partial charge in [-0.25, -0.2) is 0 Å². The van der Waals surface area contributed by atoms with Gasteiger partial charge in [-0.05, 0) is 63.3 Å². The summed E-state index contributed by atoms with van der Waals surface area (Å²) in [6.45, 7) is 15.0. The molecule has 2 rings (SSSR count). The SMILES string of the molecule is CNC(=O)/C(C)=C/[C@H](C(C)C)N(C)C(=O)C(NC(=O)C1CCCCN1C(C)C1CCC1)C(C)(C)C. The lowest BCUT2D eigenvalue weighted by atomic mass is 9.78. The Morgan fingerprint density at radius 3 is 2.14 bits per heavy atom. The van der Waals surface area contributed by atoms with Crippen molar-refractivity contribution in [2.75, 3.05) is 20.6 Å². The summed E-state index contributed by atoms with van der Waals surface area (Å²) in [6, 6.07) is -0.697. The quantitative estimate of drug-likeness (QED) is 0.483. The van der Waals surface area contributed by atoms with Crippen LogP contribution in [-0.4, -0.2) is 72.3 Å². The zero-order valence-corrected chi connectivity index (χ0v) is 23.6. The zero-order valence-electron chi connectivity index (χ0n) is 23.6. The number of likely N-dealkylation sites (tertiary alicyclic amines) is 1. The van der Waals surface area contributed by atoms with Crippen LogP contribution in [0.25, 0.3) is 0 Å². The molecule has 200 valence electrons. The number of likely N-dealkylation sites (N-methyl/N-ethyl adjacent to an activating group) is 2. The number of hydrogen-bond donors (Lipinski definition) is 2. The van der Waals surface area contributed by atoms with Crippen molar-refractivity contribution in [3.05, 3.63) is 11.6 Å². The molecule has 3 amide bonds. The summed E-state index contributed by atoms with van der Waals surface area (Å²) < 4.78 is 0. The van der Waals surface area contributed by atoms with E-state index in [0.717, 1.165) is 25.8 Å². The first-order valence-corrected chi connectivity index (χ1v) is 13.5. The molecule has 2 fully saturated rings. The third kappa shape index (κ3) is 7.31. The number of nitrogens with zero attached hydrogens (tertiary/aromatic N) is 2. The molecule has 0 aromatic heterocycles. The van der Waals surface area contributed by atoms with Crippen LogP contribution in [0.3, 0.4) is 0 Å². The summed E-state index contributed by atoms with van der Waals surface area (Å²) in [4.78, 5) is 43.6. The Morgan fingerprint density at radius 1 is 1.03 bits per heavy atom. The van der Waals surface area contributed by atoms with Gasteiger partial charge in [0, 0.05) is 25.7 Å². The molecule has 3 unspecified atom stereocenters. The molecule has 0 aromatic carbocycles. The molecule has 1 saturated carbocycles. The van der Waals surface area contributed by atoms with Crippen molar-refractivity contribution in [3.63, 3.8) is 0 Å². The van der Waals surface area contributed by atoms with Crippen LogP contribution in [0.15, 0.2) is 11.6 Å². The third-order valence-corrected chi connectivity index (χ3v) is 8.09. The maximum atomic E-state index is 13.8. The van der Waals surface area contributed by atoms with Gasteiger partial charge in [-0.3, -0.25) is 19.3 Å². The third-order valence-electron chi connectivity index (χ3n) is 8.09. The Kier molecular flexibility index (Phi) is 10.4. The molecule has 7 nitrogen and oxygen atoms in total. The van der Waals surface area contributed by atoms with Gasteiger partial charge < -0.3 is 15.5 Å². The molecule has 0 aromatic rings. The van der Waals surface area contributed by atoms with E-state index in [9.17, 15) is 14.4 Å². The van der Waals surface area contributed by atoms with Gasteiger partial charge in [-0.2, -0.15) is 0 Å². The number of piperidine rings is 1. The van der Waals surface area contributed by atoms with Crippen LogP contribution < -0.4 is 10.6 Å². The molecule has 1 heterocycles. The standard InChI is InChI=1S/C28H50N4O3/c1-18(2)23(17-19(3)25(33)29-8)31(9)27(35)24(28(5,6)7)30-26(34)22-15-10-11-16-32(22)20(4)21-13-12-14-21/h17-18,20-24H,10-16H2,1-9H3,(H,29,33)(H,30,34)/b19-17+/t20?,22?,23-,24?/m1/s1. The highest BCUT2D eigenvalue weighted by Crippen LogP contribution is 2.35. The number of carbonyl (C=O) groups is 3. The highest BCUT2D eigenvalue weighted by Gasteiger charge is 2.41. The number of rotatable bonds is 9. The van der Waals surface area contributed by atoms with Crippen molar-refractivity contribution in [1.82, 2.24) is 20.4 Å². The van der Waals surface area contributed by atoms with E-state index in [1.807, 2.05) is 40.7 Å². The fourth-order valence-corrected chi connectivity index (χ4v) is 5.43. The van der Waals surface area contributed by atoms with E-state index >= 15 is 0 Å². The summed E-state index contributed by atoms with van der Waals surface area (Å²) in [5, 5.41) is 5.82. The summed E-state index contributed by atoms with van der Waals surface area (Å²) in [5.74, 6) is 0.472. The largest absolute Gasteiger partial charge is 0.355 e. The van der Waals surface area contributed by atoms with Gasteiger partial charge in [0.25, 0.3) is 0 Å². The van der Waals surface area contributed by atoms with Crippen LogP contribution in [-0.2, 0) is 14.4 Å². The van der Waals surface area contributed by atoms with Gasteiger partial charge in [0.15, 0.2) is 0 Å². The van der Waals surface area contributed by atoms with Crippen LogP contribution in [0, 0.1) is 17.3 Å². The molecule has 0 radical (unpaired) electrons. The molecule has 1 saturated heterocycles. The molecular formula is C28H50N4O3. The summed E-state index contributed by atoms with van der Waals surface area (Å²) in [5.41, 5.74) is 0.117. The van der Waals surface area contributed by atoms with Crippen molar-refractivity contribution in [2.45, 2.75) is 111 Å². The second kappa shape index (κ2) is 12.4. The molecule has 0 bridgehead atoms. The summed E-state index contributed by atoms with van der Waals surface area (Å²) >= 11 is 0. The van der Waals surface area contributed by atoms with Crippen molar-refractivity contribution in [1.29, 1.82) is 0 Å². The lowest BCUT2D eigenvalue weighted by Crippen LogP contribution is -2.61. The number of amides is 3. The van der Waals surface area contributed by atoms with Crippen LogP contribution in [0.1, 0.15) is 87.0 Å². The Hall–Kier alpha value is -1.89. The molecule has 2 aliphatic rings. The molecular weight excluding hydrogens is 440 g/mol. The lowest BCUT2D eigenvalue weighted by Gasteiger charge is -2.45. The molecule has 35 heavy (non-hydrogen) atoms. The Balaban J connectivity index is 2.24. The minimum Gasteiger partial charge on any atom is -0.355 e. The van der Waals surface area contributed by atoms with Crippen molar-refractivity contribution in [3.8, 4) is 0 Å². The average Bonchev–Trinajstić information content (AvgIpc) is 2.76. The van der Waals surface area contributed by atoms with Crippen molar-refractivity contribution >= 4 is 17.7 Å². The maximum Gasteiger partial charge on any atom is 0.246 e. The van der Waals surface area contributed by atoms with Crippen LogP contribution in [0.2, 0.25) is 0 Å². The van der Waals surface area contributed by atoms with Gasteiger partial charge in [0.1, 0.15) is 6.04 Å². The first-order valence-electron chi connectivity index (χ1n) is 13.5. The zero-order chi connectivity index (χ0) is 26.5. The van der Waals surface area contributed by atoms with E-state index in [-0.39, 0.29) is 35.7 Å². The normalized spacial score (nSPS) is 22.7. The van der Waals surface area contributed by atoms with Gasteiger partial charge in [-0.1, -0.05) is 53.5 Å². The Labute approximate surface area is 213 Å². The van der Waals surface area contributed by atoms with E-state index in [2.05, 4.69) is 22.5 Å². The van der Waals surface area contributed by atoms with Crippen LogP contribution in [0.4, 0.5) is 0 Å². The second-order valence-corrected chi connectivity index (χ2v) is 12.1. The number of nitrogens with one attached hydrogen (secondary N) is 2. The van der Waals surface area contributed by atoms with Crippen LogP contribution >= 0.6 is 0 Å². The van der Waals surface area contributed by atoms with Crippen molar-refractivity contribution in [2.24, 2.45) is 17.3 Å². The van der Waals surface area contributed by atoms with Crippen LogP contribution in [0.5, 0.6) is 0 Å². The van der Waals surface area contributed by atoms with E-state index in [1.165, 1.54) is 19.3 Å².